The Morgan fingerprint density at radius 1 is 0.889 bits per heavy atom. The van der Waals surface area contributed by atoms with Gasteiger partial charge in [-0.05, 0) is 17.5 Å². The monoisotopic (exact) mass is 256 g/mol. The molecule has 0 amide bonds. The van der Waals surface area contributed by atoms with Crippen molar-refractivity contribution in [3.63, 3.8) is 0 Å². The first-order chi connectivity index (χ1) is 8.81. The molecule has 0 radical (unpaired) electrons. The highest BCUT2D eigenvalue weighted by Gasteiger charge is 2.16. The van der Waals surface area contributed by atoms with Crippen LogP contribution in [-0.2, 0) is 4.74 Å². The Kier molecular flexibility index (Phi) is 4.73. The van der Waals surface area contributed by atoms with Crippen LogP contribution in [0.25, 0.3) is 0 Å². The highest BCUT2D eigenvalue weighted by molar-refractivity contribution is 6.10. The van der Waals surface area contributed by atoms with Gasteiger partial charge in [0.15, 0.2) is 0 Å². The molecule has 0 saturated carbocycles. The van der Waals surface area contributed by atoms with Crippen molar-refractivity contribution in [3.8, 4) is 0 Å². The minimum absolute atomic E-state index is 0.0647. The summed E-state index contributed by atoms with van der Waals surface area (Å²) in [5.41, 5.74) is 2.87. The third kappa shape index (κ3) is 3.31. The zero-order chi connectivity index (χ0) is 12.8. The summed E-state index contributed by atoms with van der Waals surface area (Å²) in [4.78, 5) is 0. The molecule has 94 valence electrons. The van der Waals surface area contributed by atoms with E-state index in [2.05, 4.69) is 55.5 Å². The van der Waals surface area contributed by atoms with E-state index in [0.717, 1.165) is 16.7 Å². The molecule has 2 rings (SSSR count). The largest absolute Gasteiger partial charge is 0.370 e. The summed E-state index contributed by atoms with van der Waals surface area (Å²) in [5.74, 6) is 0. The molecule has 0 aliphatic rings. The van der Waals surface area contributed by atoms with E-state index in [1.807, 2.05) is 12.1 Å². The highest BCUT2D eigenvalue weighted by Crippen LogP contribution is 2.27. The molecular weight excluding hydrogens is 236 g/mol. The Bertz CT molecular complexity index is 416. The van der Waals surface area contributed by atoms with E-state index in [1.165, 1.54) is 11.1 Å². The molecule has 1 nitrogen and oxygen atoms in total. The SMILES string of the molecule is CCC([SiH3])OC(c1ccccc1)c1ccccc1. The number of rotatable bonds is 5. The van der Waals surface area contributed by atoms with Gasteiger partial charge < -0.3 is 4.74 Å². The van der Waals surface area contributed by atoms with Gasteiger partial charge in [-0.15, -0.1) is 0 Å². The van der Waals surface area contributed by atoms with E-state index in [0.29, 0.717) is 5.73 Å². The average Bonchev–Trinajstić information content (AvgIpc) is 2.46. The molecule has 1 unspecified atom stereocenters. The van der Waals surface area contributed by atoms with Crippen LogP contribution in [0.3, 0.4) is 0 Å². The smallest absolute Gasteiger partial charge is 0.107 e. The van der Waals surface area contributed by atoms with Gasteiger partial charge in [0.2, 0.25) is 0 Å². The molecule has 0 N–H and O–H groups in total. The average molecular weight is 256 g/mol. The van der Waals surface area contributed by atoms with E-state index in [4.69, 9.17) is 4.74 Å². The fourth-order valence-corrected chi connectivity index (χ4v) is 2.21. The molecule has 0 aromatic heterocycles. The third-order valence-corrected chi connectivity index (χ3v) is 4.24. The van der Waals surface area contributed by atoms with Crippen molar-refractivity contribution in [2.24, 2.45) is 0 Å². The molecule has 0 bridgehead atoms. The Balaban J connectivity index is 2.29. The summed E-state index contributed by atoms with van der Waals surface area (Å²) in [6.45, 7) is 2.19. The first kappa shape index (κ1) is 13.1. The lowest BCUT2D eigenvalue weighted by molar-refractivity contribution is 0.0536. The van der Waals surface area contributed by atoms with E-state index in [1.54, 1.807) is 0 Å². The standard InChI is InChI=1S/C16H20OSi/c1-2-15(18)17-16(13-9-5-3-6-10-13)14-11-7-4-8-12-14/h3-12,15-16H,2H2,1,18H3. The van der Waals surface area contributed by atoms with Crippen LogP contribution in [0.2, 0.25) is 0 Å². The molecule has 1 atom stereocenters. The minimum atomic E-state index is 0.0647. The van der Waals surface area contributed by atoms with Gasteiger partial charge >= 0.3 is 0 Å². The predicted octanol–water partition coefficient (Wildman–Crippen LogP) is 2.89. The van der Waals surface area contributed by atoms with Crippen LogP contribution in [0, 0.1) is 0 Å². The Labute approximate surface area is 112 Å². The van der Waals surface area contributed by atoms with Gasteiger partial charge in [0.25, 0.3) is 0 Å². The van der Waals surface area contributed by atoms with Gasteiger partial charge in [-0.3, -0.25) is 0 Å². The van der Waals surface area contributed by atoms with E-state index in [9.17, 15) is 0 Å². The number of ether oxygens (including phenoxy) is 1. The summed E-state index contributed by atoms with van der Waals surface area (Å²) in [5, 5.41) is 0. The number of benzene rings is 2. The number of hydrogen-bond donors (Lipinski definition) is 0. The van der Waals surface area contributed by atoms with Crippen molar-refractivity contribution in [1.82, 2.24) is 0 Å². The topological polar surface area (TPSA) is 9.23 Å². The van der Waals surface area contributed by atoms with Crippen molar-refractivity contribution >= 4 is 10.2 Å². The van der Waals surface area contributed by atoms with Crippen LogP contribution in [0.1, 0.15) is 30.6 Å². The van der Waals surface area contributed by atoms with Crippen molar-refractivity contribution in [2.45, 2.75) is 25.2 Å². The van der Waals surface area contributed by atoms with E-state index < -0.39 is 0 Å². The molecular formula is C16H20OSi. The molecule has 0 saturated heterocycles. The Morgan fingerprint density at radius 3 is 1.72 bits per heavy atom. The second-order valence-corrected chi connectivity index (χ2v) is 5.84. The first-order valence-electron chi connectivity index (χ1n) is 6.56. The number of hydrogen-bond acceptors (Lipinski definition) is 1. The van der Waals surface area contributed by atoms with Crippen molar-refractivity contribution < 1.29 is 4.74 Å². The van der Waals surface area contributed by atoms with Gasteiger partial charge in [0.1, 0.15) is 6.10 Å². The zero-order valence-corrected chi connectivity index (χ0v) is 13.0. The Hall–Kier alpha value is -1.38. The first-order valence-corrected chi connectivity index (χ1v) is 7.72. The van der Waals surface area contributed by atoms with Gasteiger partial charge in [0.05, 0.1) is 0 Å². The maximum Gasteiger partial charge on any atom is 0.107 e. The maximum atomic E-state index is 6.23. The second kappa shape index (κ2) is 6.52. The summed E-state index contributed by atoms with van der Waals surface area (Å²) >= 11 is 0. The summed E-state index contributed by atoms with van der Waals surface area (Å²) in [6, 6.07) is 20.9. The molecule has 2 heteroatoms. The van der Waals surface area contributed by atoms with Crippen LogP contribution in [-0.4, -0.2) is 16.0 Å². The summed E-state index contributed by atoms with van der Waals surface area (Å²) < 4.78 is 6.23. The van der Waals surface area contributed by atoms with Crippen LogP contribution < -0.4 is 0 Å². The van der Waals surface area contributed by atoms with Gasteiger partial charge in [0, 0.05) is 16.0 Å². The van der Waals surface area contributed by atoms with Crippen molar-refractivity contribution in [3.05, 3.63) is 71.8 Å². The molecule has 2 aromatic carbocycles. The molecule has 0 aliphatic heterocycles. The third-order valence-electron chi connectivity index (χ3n) is 3.15. The lowest BCUT2D eigenvalue weighted by Gasteiger charge is -2.22. The minimum Gasteiger partial charge on any atom is -0.370 e. The van der Waals surface area contributed by atoms with Crippen molar-refractivity contribution in [1.29, 1.82) is 0 Å². The molecule has 18 heavy (non-hydrogen) atoms. The predicted molar refractivity (Wildman–Crippen MR) is 79.8 cm³/mol. The van der Waals surface area contributed by atoms with Crippen LogP contribution in [0.15, 0.2) is 60.7 Å². The van der Waals surface area contributed by atoms with Crippen LogP contribution in [0.5, 0.6) is 0 Å². The van der Waals surface area contributed by atoms with Crippen LogP contribution >= 0.6 is 0 Å². The molecule has 0 fully saturated rings. The molecule has 0 spiro atoms. The maximum absolute atomic E-state index is 6.23. The summed E-state index contributed by atoms with van der Waals surface area (Å²) in [6.07, 6.45) is 1.15. The van der Waals surface area contributed by atoms with Crippen molar-refractivity contribution in [2.75, 3.05) is 0 Å². The molecule has 0 heterocycles. The van der Waals surface area contributed by atoms with Crippen LogP contribution in [0.4, 0.5) is 0 Å². The highest BCUT2D eigenvalue weighted by atomic mass is 28.1. The second-order valence-electron chi connectivity index (χ2n) is 4.56. The fourth-order valence-electron chi connectivity index (χ4n) is 1.93. The Morgan fingerprint density at radius 2 is 1.33 bits per heavy atom. The summed E-state index contributed by atoms with van der Waals surface area (Å²) in [7, 11) is 1.07. The van der Waals surface area contributed by atoms with Gasteiger partial charge in [-0.2, -0.15) is 0 Å². The van der Waals surface area contributed by atoms with E-state index in [-0.39, 0.29) is 6.10 Å². The lowest BCUT2D eigenvalue weighted by atomic mass is 10.0. The quantitative estimate of drug-likeness (QED) is 0.748. The normalized spacial score (nSPS) is 12.8. The molecule has 2 aromatic rings. The molecule has 0 aliphatic carbocycles. The zero-order valence-electron chi connectivity index (χ0n) is 11.0. The van der Waals surface area contributed by atoms with E-state index >= 15 is 0 Å². The fraction of sp³-hybridized carbons (Fsp3) is 0.250. The van der Waals surface area contributed by atoms with Gasteiger partial charge in [-0.1, -0.05) is 67.6 Å². The lowest BCUT2D eigenvalue weighted by Crippen LogP contribution is -2.17. The van der Waals surface area contributed by atoms with Gasteiger partial charge in [-0.25, -0.2) is 0 Å².